The number of aromatic hydroxyl groups is 2. The van der Waals surface area contributed by atoms with Gasteiger partial charge in [0.25, 0.3) is 0 Å². The molecule has 0 saturated heterocycles. The average Bonchev–Trinajstić information content (AvgIpc) is 2.61. The summed E-state index contributed by atoms with van der Waals surface area (Å²) < 4.78 is 10.9. The van der Waals surface area contributed by atoms with Gasteiger partial charge in [-0.2, -0.15) is 0 Å². The topological polar surface area (TPSA) is 92.8 Å². The first-order valence-electron chi connectivity index (χ1n) is 7.50. The van der Waals surface area contributed by atoms with Gasteiger partial charge in [-0.15, -0.1) is 0 Å². The van der Waals surface area contributed by atoms with Gasteiger partial charge < -0.3 is 19.4 Å². The van der Waals surface area contributed by atoms with Crippen molar-refractivity contribution in [1.29, 1.82) is 0 Å². The molecule has 0 fully saturated rings. The van der Waals surface area contributed by atoms with Crippen molar-refractivity contribution in [3.63, 3.8) is 0 Å². The van der Waals surface area contributed by atoms with Crippen LogP contribution < -0.4 is 10.2 Å². The molecule has 2 heterocycles. The van der Waals surface area contributed by atoms with Gasteiger partial charge in [0, 0.05) is 29.3 Å². The molecule has 0 atom stereocenters. The summed E-state index contributed by atoms with van der Waals surface area (Å²) in [6, 6.07) is 11.5. The lowest BCUT2D eigenvalue weighted by Gasteiger charge is -2.10. The third-order valence-electron chi connectivity index (χ3n) is 4.01. The minimum atomic E-state index is -0.432. The van der Waals surface area contributed by atoms with Crippen LogP contribution in [-0.4, -0.2) is 22.3 Å². The van der Waals surface area contributed by atoms with E-state index in [0.29, 0.717) is 11.3 Å². The fourth-order valence-electron chi connectivity index (χ4n) is 2.85. The lowest BCUT2D eigenvalue weighted by atomic mass is 10.1. The molecule has 0 unspecified atom stereocenters. The number of aromatic nitrogens is 1. The maximum atomic E-state index is 12.5. The van der Waals surface area contributed by atoms with Gasteiger partial charge in [0.1, 0.15) is 16.9 Å². The van der Waals surface area contributed by atoms with Crippen molar-refractivity contribution in [2.45, 2.75) is 0 Å². The molecule has 6 heteroatoms. The number of benzene rings is 2. The summed E-state index contributed by atoms with van der Waals surface area (Å²) in [4.78, 5) is 16.7. The van der Waals surface area contributed by atoms with Crippen molar-refractivity contribution in [2.75, 3.05) is 7.11 Å². The normalized spacial score (nSPS) is 11.1. The van der Waals surface area contributed by atoms with Gasteiger partial charge in [0.05, 0.1) is 12.6 Å². The second-order valence-electron chi connectivity index (χ2n) is 5.54. The van der Waals surface area contributed by atoms with Crippen LogP contribution in [0.25, 0.3) is 33.2 Å². The van der Waals surface area contributed by atoms with Gasteiger partial charge in [-0.3, -0.25) is 9.78 Å². The molecule has 2 N–H and O–H groups in total. The van der Waals surface area contributed by atoms with E-state index in [1.165, 1.54) is 13.2 Å². The molecule has 4 aromatic rings. The zero-order valence-electron chi connectivity index (χ0n) is 13.2. The summed E-state index contributed by atoms with van der Waals surface area (Å²) in [5, 5.41) is 20.8. The van der Waals surface area contributed by atoms with Gasteiger partial charge >= 0.3 is 0 Å². The smallest absolute Gasteiger partial charge is 0.204 e. The summed E-state index contributed by atoms with van der Waals surface area (Å²) in [7, 11) is 1.35. The quantitative estimate of drug-likeness (QED) is 0.583. The summed E-state index contributed by atoms with van der Waals surface area (Å²) in [6.07, 6.45) is 1.70. The zero-order chi connectivity index (χ0) is 17.6. The Bertz CT molecular complexity index is 1180. The number of nitrogens with zero attached hydrogens (tertiary/aromatic N) is 1. The van der Waals surface area contributed by atoms with Gasteiger partial charge in [-0.05, 0) is 24.3 Å². The van der Waals surface area contributed by atoms with E-state index >= 15 is 0 Å². The molecule has 2 aromatic carbocycles. The van der Waals surface area contributed by atoms with E-state index in [9.17, 15) is 15.0 Å². The Morgan fingerprint density at radius 2 is 1.92 bits per heavy atom. The number of pyridine rings is 1. The molecule has 0 radical (unpaired) electrons. The summed E-state index contributed by atoms with van der Waals surface area (Å²) in [5.41, 5.74) is 1.05. The minimum absolute atomic E-state index is 0.00536. The third-order valence-corrected chi connectivity index (χ3v) is 4.01. The first kappa shape index (κ1) is 15.0. The molecule has 0 bridgehead atoms. The lowest BCUT2D eigenvalue weighted by molar-refractivity contribution is 0.367. The molecule has 6 nitrogen and oxygen atoms in total. The van der Waals surface area contributed by atoms with Crippen LogP contribution in [0.5, 0.6) is 17.2 Å². The number of ether oxygens (including phenoxy) is 1. The molecule has 0 saturated carbocycles. The van der Waals surface area contributed by atoms with Crippen LogP contribution in [-0.2, 0) is 0 Å². The summed E-state index contributed by atoms with van der Waals surface area (Å²) in [6.45, 7) is 0. The minimum Gasteiger partial charge on any atom is -0.507 e. The number of hydrogen-bond acceptors (Lipinski definition) is 6. The predicted octanol–water partition coefficient (Wildman–Crippen LogP) is 3.43. The van der Waals surface area contributed by atoms with Crippen LogP contribution in [0.15, 0.2) is 57.9 Å². The zero-order valence-corrected chi connectivity index (χ0v) is 13.2. The number of fused-ring (bicyclic) bond motifs is 2. The highest BCUT2D eigenvalue weighted by molar-refractivity contribution is 5.92. The largest absolute Gasteiger partial charge is 0.507 e. The van der Waals surface area contributed by atoms with E-state index in [1.807, 2.05) is 24.3 Å². The van der Waals surface area contributed by atoms with E-state index in [2.05, 4.69) is 4.98 Å². The molecule has 2 aromatic heterocycles. The maximum Gasteiger partial charge on any atom is 0.204 e. The molecule has 0 amide bonds. The first-order valence-corrected chi connectivity index (χ1v) is 7.50. The van der Waals surface area contributed by atoms with Gasteiger partial charge in [-0.25, -0.2) is 0 Å². The number of methoxy groups -OCH3 is 1. The van der Waals surface area contributed by atoms with Crippen molar-refractivity contribution < 1.29 is 19.4 Å². The van der Waals surface area contributed by atoms with E-state index in [0.717, 1.165) is 17.0 Å². The molecule has 0 aliphatic rings. The van der Waals surface area contributed by atoms with Crippen LogP contribution in [0.2, 0.25) is 0 Å². The van der Waals surface area contributed by atoms with E-state index in [1.54, 1.807) is 12.3 Å². The molecule has 0 aliphatic heterocycles. The second kappa shape index (κ2) is 5.52. The number of rotatable bonds is 2. The van der Waals surface area contributed by atoms with Crippen molar-refractivity contribution in [3.8, 4) is 28.6 Å². The fourth-order valence-corrected chi connectivity index (χ4v) is 2.85. The monoisotopic (exact) mass is 335 g/mol. The van der Waals surface area contributed by atoms with Gasteiger partial charge in [-0.1, -0.05) is 6.07 Å². The Morgan fingerprint density at radius 3 is 2.72 bits per heavy atom. The second-order valence-corrected chi connectivity index (χ2v) is 5.54. The number of phenols is 2. The Kier molecular flexibility index (Phi) is 3.32. The summed E-state index contributed by atoms with van der Waals surface area (Å²) >= 11 is 0. The lowest BCUT2D eigenvalue weighted by Crippen LogP contribution is -2.02. The van der Waals surface area contributed by atoms with Crippen molar-refractivity contribution in [1.82, 2.24) is 4.98 Å². The van der Waals surface area contributed by atoms with E-state index < -0.39 is 5.43 Å². The molecule has 0 aliphatic carbocycles. The maximum absolute atomic E-state index is 12.5. The number of phenolic OH excluding ortho intramolecular Hbond substituents is 2. The third kappa shape index (κ3) is 2.35. The highest BCUT2D eigenvalue weighted by atomic mass is 16.5. The van der Waals surface area contributed by atoms with Gasteiger partial charge in [0.15, 0.2) is 16.8 Å². The van der Waals surface area contributed by atoms with E-state index in [4.69, 9.17) is 9.15 Å². The highest BCUT2D eigenvalue weighted by Gasteiger charge is 2.18. The van der Waals surface area contributed by atoms with Crippen LogP contribution in [0, 0.1) is 0 Å². The van der Waals surface area contributed by atoms with Crippen LogP contribution in [0.3, 0.4) is 0 Å². The predicted molar refractivity (Wildman–Crippen MR) is 93.1 cm³/mol. The average molecular weight is 335 g/mol. The molecular weight excluding hydrogens is 322 g/mol. The fraction of sp³-hybridized carbons (Fsp3) is 0.0526. The highest BCUT2D eigenvalue weighted by Crippen LogP contribution is 2.40. The molecule has 25 heavy (non-hydrogen) atoms. The molecule has 124 valence electrons. The molecular formula is C19H13NO5. The summed E-state index contributed by atoms with van der Waals surface area (Å²) in [5.74, 6) is -0.382. The van der Waals surface area contributed by atoms with E-state index in [-0.39, 0.29) is 28.2 Å². The SMILES string of the molecule is COc1c(O)cc(O)c2c(=O)cc(-c3ccc4ncccc4c3)oc12. The van der Waals surface area contributed by atoms with Gasteiger partial charge in [0.2, 0.25) is 5.75 Å². The standard InChI is InChI=1S/C19H13NO5/c1-24-18-15(23)8-13(21)17-14(22)9-16(25-19(17)18)11-4-5-12-10(7-11)3-2-6-20-12/h2-9,21,23H,1H3. The Hall–Kier alpha value is -3.54. The van der Waals surface area contributed by atoms with Crippen molar-refractivity contribution in [3.05, 3.63) is 58.9 Å². The number of hydrogen-bond donors (Lipinski definition) is 2. The van der Waals surface area contributed by atoms with Crippen LogP contribution in [0.4, 0.5) is 0 Å². The van der Waals surface area contributed by atoms with Crippen molar-refractivity contribution in [2.24, 2.45) is 0 Å². The molecule has 4 rings (SSSR count). The Balaban J connectivity index is 2.03. The Labute approximate surface area is 141 Å². The Morgan fingerprint density at radius 1 is 1.08 bits per heavy atom. The van der Waals surface area contributed by atoms with Crippen LogP contribution in [0.1, 0.15) is 0 Å². The van der Waals surface area contributed by atoms with Crippen molar-refractivity contribution >= 4 is 21.9 Å². The first-order chi connectivity index (χ1) is 12.1. The molecule has 0 spiro atoms. The van der Waals surface area contributed by atoms with Crippen LogP contribution >= 0.6 is 0 Å².